The minimum absolute atomic E-state index is 0.0152. The van der Waals surface area contributed by atoms with E-state index in [9.17, 15) is 14.4 Å². The second kappa shape index (κ2) is 11.5. The lowest BCUT2D eigenvalue weighted by molar-refractivity contribution is -0.134. The van der Waals surface area contributed by atoms with Crippen LogP contribution in [-0.4, -0.2) is 82.2 Å². The second-order valence-electron chi connectivity index (χ2n) is 9.20. The van der Waals surface area contributed by atoms with Crippen molar-refractivity contribution in [3.05, 3.63) is 26.1 Å². The summed E-state index contributed by atoms with van der Waals surface area (Å²) in [5.41, 5.74) is 0.974. The Morgan fingerprint density at radius 2 is 1.97 bits per heavy atom. The van der Waals surface area contributed by atoms with E-state index < -0.39 is 11.9 Å². The summed E-state index contributed by atoms with van der Waals surface area (Å²) in [5, 5.41) is 9.55. The number of nitrogens with one attached hydrogen (secondary N) is 3. The van der Waals surface area contributed by atoms with Crippen LogP contribution >= 0.6 is 46.5 Å². The highest BCUT2D eigenvalue weighted by atomic mass is 35.5. The maximum absolute atomic E-state index is 13.2. The number of carbonyl (C=O) groups excluding carboxylic acids is 3. The minimum atomic E-state index is -0.510. The predicted molar refractivity (Wildman–Crippen MR) is 145 cm³/mol. The van der Waals surface area contributed by atoms with Crippen molar-refractivity contribution in [1.82, 2.24) is 30.4 Å². The zero-order chi connectivity index (χ0) is 26.0. The first-order chi connectivity index (χ1) is 17.1. The molecule has 0 saturated heterocycles. The topological polar surface area (TPSA) is 120 Å². The molecule has 1 aliphatic carbocycles. The molecule has 3 N–H and O–H groups in total. The number of fused-ring (bicyclic) bond motifs is 1. The Balaban J connectivity index is 1.46. The number of anilines is 1. The van der Waals surface area contributed by atoms with E-state index in [1.54, 1.807) is 19.0 Å². The first-order valence-electron chi connectivity index (χ1n) is 11.5. The number of thiazole rings is 2. The Hall–Kier alpha value is -2.19. The van der Waals surface area contributed by atoms with Crippen LogP contribution in [0, 0.1) is 5.92 Å². The molecule has 194 valence electrons. The molecule has 3 amide bonds. The van der Waals surface area contributed by atoms with Crippen LogP contribution < -0.4 is 16.0 Å². The van der Waals surface area contributed by atoms with Gasteiger partial charge in [0.05, 0.1) is 17.9 Å². The molecule has 3 heterocycles. The molecule has 2 aromatic rings. The number of nitrogens with zero attached hydrogens (tertiary/aromatic N) is 4. The summed E-state index contributed by atoms with van der Waals surface area (Å²) in [5.74, 6) is -1.01. The molecule has 1 aliphatic heterocycles. The SMILES string of the molecule is CN1CCc2nc(C(=O)N[C@@H]3C[C@@H](C(=O)N(C)C)CC[C@@H]3NC(=S)C(=O)Nc3ncc(Cl)s3)sc2C1. The number of carbonyl (C=O) groups is 3. The van der Waals surface area contributed by atoms with Crippen molar-refractivity contribution in [3.63, 3.8) is 0 Å². The molecule has 0 bridgehead atoms. The number of rotatable bonds is 5. The lowest BCUT2D eigenvalue weighted by Crippen LogP contribution is -2.56. The summed E-state index contributed by atoms with van der Waals surface area (Å²) in [7, 11) is 5.49. The number of aromatic nitrogens is 2. The third kappa shape index (κ3) is 6.38. The van der Waals surface area contributed by atoms with Crippen LogP contribution in [0.4, 0.5) is 5.13 Å². The highest BCUT2D eigenvalue weighted by Gasteiger charge is 2.37. The number of hydrogen-bond acceptors (Lipinski definition) is 9. The van der Waals surface area contributed by atoms with Crippen LogP contribution in [0.3, 0.4) is 0 Å². The van der Waals surface area contributed by atoms with Gasteiger partial charge in [0.1, 0.15) is 4.34 Å². The Morgan fingerprint density at radius 1 is 1.19 bits per heavy atom. The van der Waals surface area contributed by atoms with Gasteiger partial charge >= 0.3 is 0 Å². The minimum Gasteiger partial charge on any atom is -0.367 e. The van der Waals surface area contributed by atoms with Crippen molar-refractivity contribution in [3.8, 4) is 0 Å². The maximum atomic E-state index is 13.2. The van der Waals surface area contributed by atoms with Gasteiger partial charge in [0.15, 0.2) is 15.1 Å². The molecule has 14 heteroatoms. The monoisotopic (exact) mass is 569 g/mol. The molecular weight excluding hydrogens is 542 g/mol. The van der Waals surface area contributed by atoms with Crippen molar-refractivity contribution < 1.29 is 14.4 Å². The molecule has 1 saturated carbocycles. The number of halogens is 1. The summed E-state index contributed by atoms with van der Waals surface area (Å²) < 4.78 is 0.450. The molecule has 10 nitrogen and oxygen atoms in total. The molecule has 2 aliphatic rings. The third-order valence-electron chi connectivity index (χ3n) is 6.29. The van der Waals surface area contributed by atoms with E-state index in [1.807, 2.05) is 7.05 Å². The number of amides is 3. The standard InChI is InChI=1S/C22H28ClN7O3S3/c1-29(2)21(33)11-4-5-12(26-19(34)17(31)28-22-24-9-16(23)36-22)14(8-11)25-18(32)20-27-13-6-7-30(3)10-15(13)35-20/h9,11-12,14H,4-8,10H2,1-3H3,(H,25,32)(H,26,34)(H,24,28,31)/t11-,12-,14+/m0/s1. The van der Waals surface area contributed by atoms with E-state index in [-0.39, 0.29) is 28.8 Å². The average molecular weight is 570 g/mol. The smallest absolute Gasteiger partial charge is 0.284 e. The zero-order valence-electron chi connectivity index (χ0n) is 20.2. The largest absolute Gasteiger partial charge is 0.367 e. The summed E-state index contributed by atoms with van der Waals surface area (Å²) in [6, 6.07) is -0.733. The van der Waals surface area contributed by atoms with Gasteiger partial charge in [-0.15, -0.1) is 11.3 Å². The quantitative estimate of drug-likeness (QED) is 0.469. The molecule has 0 unspecified atom stereocenters. The lowest BCUT2D eigenvalue weighted by Gasteiger charge is -2.37. The summed E-state index contributed by atoms with van der Waals surface area (Å²) in [6.45, 7) is 1.69. The fourth-order valence-electron chi connectivity index (χ4n) is 4.44. The van der Waals surface area contributed by atoms with Gasteiger partial charge in [-0.1, -0.05) is 35.2 Å². The Morgan fingerprint density at radius 3 is 2.67 bits per heavy atom. The van der Waals surface area contributed by atoms with Crippen LogP contribution in [0.1, 0.15) is 39.6 Å². The normalized spacial score (nSPS) is 21.8. The number of likely N-dealkylation sites (N-methyl/N-ethyl adjacent to an activating group) is 1. The van der Waals surface area contributed by atoms with E-state index in [0.717, 1.165) is 41.4 Å². The number of thiocarbonyl (C=S) groups is 1. The van der Waals surface area contributed by atoms with E-state index in [1.165, 1.54) is 17.5 Å². The van der Waals surface area contributed by atoms with Gasteiger partial charge in [-0.25, -0.2) is 9.97 Å². The van der Waals surface area contributed by atoms with Crippen LogP contribution in [0.15, 0.2) is 6.20 Å². The Labute approximate surface area is 227 Å². The molecule has 0 spiro atoms. The van der Waals surface area contributed by atoms with E-state index >= 15 is 0 Å². The van der Waals surface area contributed by atoms with Gasteiger partial charge in [-0.05, 0) is 26.3 Å². The first kappa shape index (κ1) is 26.9. The van der Waals surface area contributed by atoms with Gasteiger partial charge in [0.2, 0.25) is 5.91 Å². The molecule has 0 aromatic carbocycles. The molecule has 2 aromatic heterocycles. The fraction of sp³-hybridized carbons (Fsp3) is 0.545. The van der Waals surface area contributed by atoms with Gasteiger partial charge in [-0.3, -0.25) is 19.7 Å². The van der Waals surface area contributed by atoms with Crippen LogP contribution in [0.25, 0.3) is 0 Å². The van der Waals surface area contributed by atoms with E-state index in [0.29, 0.717) is 33.7 Å². The Bertz CT molecular complexity index is 1170. The predicted octanol–water partition coefficient (Wildman–Crippen LogP) is 2.15. The fourth-order valence-corrected chi connectivity index (χ4v) is 6.54. The molecular formula is C22H28ClN7O3S3. The van der Waals surface area contributed by atoms with Crippen molar-refractivity contribution >= 4 is 74.3 Å². The van der Waals surface area contributed by atoms with Gasteiger partial charge in [0.25, 0.3) is 11.8 Å². The van der Waals surface area contributed by atoms with Crippen LogP contribution in [0.2, 0.25) is 4.34 Å². The maximum Gasteiger partial charge on any atom is 0.284 e. The van der Waals surface area contributed by atoms with E-state index in [4.69, 9.17) is 23.8 Å². The van der Waals surface area contributed by atoms with Crippen molar-refractivity contribution in [2.24, 2.45) is 5.92 Å². The van der Waals surface area contributed by atoms with Crippen molar-refractivity contribution in [2.45, 2.75) is 44.3 Å². The summed E-state index contributed by atoms with van der Waals surface area (Å²) >= 11 is 13.7. The Kier molecular flexibility index (Phi) is 8.56. The average Bonchev–Trinajstić information content (AvgIpc) is 3.44. The second-order valence-corrected chi connectivity index (χ2v) is 12.4. The summed E-state index contributed by atoms with van der Waals surface area (Å²) in [4.78, 5) is 51.9. The van der Waals surface area contributed by atoms with Crippen LogP contribution in [0.5, 0.6) is 0 Å². The van der Waals surface area contributed by atoms with Gasteiger partial charge in [0, 0.05) is 50.4 Å². The highest BCUT2D eigenvalue weighted by molar-refractivity contribution is 7.82. The molecule has 1 fully saturated rings. The first-order valence-corrected chi connectivity index (χ1v) is 13.9. The molecule has 3 atom stereocenters. The van der Waals surface area contributed by atoms with E-state index in [2.05, 4.69) is 30.8 Å². The van der Waals surface area contributed by atoms with Crippen molar-refractivity contribution in [1.29, 1.82) is 0 Å². The third-order valence-corrected chi connectivity index (χ3v) is 8.71. The van der Waals surface area contributed by atoms with Gasteiger partial charge in [-0.2, -0.15) is 0 Å². The molecule has 4 rings (SSSR count). The van der Waals surface area contributed by atoms with Gasteiger partial charge < -0.3 is 20.4 Å². The lowest BCUT2D eigenvalue weighted by atomic mass is 9.81. The number of hydrogen-bond donors (Lipinski definition) is 3. The molecule has 0 radical (unpaired) electrons. The van der Waals surface area contributed by atoms with Crippen LogP contribution in [-0.2, 0) is 22.6 Å². The zero-order valence-corrected chi connectivity index (χ0v) is 23.4. The highest BCUT2D eigenvalue weighted by Crippen LogP contribution is 2.29. The summed E-state index contributed by atoms with van der Waals surface area (Å²) in [6.07, 6.45) is 3.87. The molecule has 36 heavy (non-hydrogen) atoms. The van der Waals surface area contributed by atoms with Crippen molar-refractivity contribution in [2.75, 3.05) is 33.0 Å².